The van der Waals surface area contributed by atoms with Crippen molar-refractivity contribution in [1.29, 1.82) is 0 Å². The van der Waals surface area contributed by atoms with Crippen LogP contribution in [0.4, 0.5) is 13.2 Å². The van der Waals surface area contributed by atoms with Gasteiger partial charge >= 0.3 is 11.9 Å². The van der Waals surface area contributed by atoms with E-state index < -0.39 is 28.4 Å². The lowest BCUT2D eigenvalue weighted by atomic mass is 9.94. The number of piperidine rings is 1. The molecule has 160 valence electrons. The van der Waals surface area contributed by atoms with Crippen molar-refractivity contribution in [3.8, 4) is 5.69 Å². The van der Waals surface area contributed by atoms with Crippen molar-refractivity contribution in [2.24, 2.45) is 5.92 Å². The molecule has 29 heavy (non-hydrogen) atoms. The summed E-state index contributed by atoms with van der Waals surface area (Å²) >= 11 is 0. The summed E-state index contributed by atoms with van der Waals surface area (Å²) in [6.07, 6.45) is -4.36. The molecule has 3 rings (SSSR count). The Hall–Kier alpha value is -2.14. The van der Waals surface area contributed by atoms with Crippen molar-refractivity contribution in [1.82, 2.24) is 19.1 Å². The molecule has 1 aromatic heterocycles. The van der Waals surface area contributed by atoms with Gasteiger partial charge in [-0.1, -0.05) is 18.2 Å². The van der Waals surface area contributed by atoms with E-state index in [4.69, 9.17) is 0 Å². The SMILES string of the molecule is Cc1ccccc1-n1c(CC2CCN(S(=O)(=O)CCC(F)(F)F)CC2)n[nH]c1=O. The summed E-state index contributed by atoms with van der Waals surface area (Å²) in [7, 11) is -3.93. The number of halogens is 3. The summed E-state index contributed by atoms with van der Waals surface area (Å²) in [6, 6.07) is 7.42. The number of H-pyrrole nitrogens is 1. The third-order valence-electron chi connectivity index (χ3n) is 5.18. The van der Waals surface area contributed by atoms with Gasteiger partial charge in [0.2, 0.25) is 10.0 Å². The minimum Gasteiger partial charge on any atom is -0.247 e. The molecule has 0 amide bonds. The van der Waals surface area contributed by atoms with Crippen LogP contribution in [0.25, 0.3) is 5.69 Å². The summed E-state index contributed by atoms with van der Waals surface area (Å²) in [6.45, 7) is 2.23. The van der Waals surface area contributed by atoms with Crippen LogP contribution in [-0.2, 0) is 16.4 Å². The number of nitrogens with zero attached hydrogens (tertiary/aromatic N) is 3. The van der Waals surface area contributed by atoms with Crippen LogP contribution in [0.1, 0.15) is 30.7 Å². The maximum atomic E-state index is 12.3. The molecule has 1 aromatic carbocycles. The van der Waals surface area contributed by atoms with Crippen LogP contribution in [0, 0.1) is 12.8 Å². The van der Waals surface area contributed by atoms with Gasteiger partial charge in [0.1, 0.15) is 5.82 Å². The average molecular weight is 432 g/mol. The zero-order valence-corrected chi connectivity index (χ0v) is 16.8. The van der Waals surface area contributed by atoms with E-state index >= 15 is 0 Å². The normalized spacial score (nSPS) is 17.0. The second-order valence-corrected chi connectivity index (χ2v) is 9.38. The molecule has 0 bridgehead atoms. The molecular formula is C18H23F3N4O3S. The fourth-order valence-corrected chi connectivity index (χ4v) is 5.07. The number of rotatable bonds is 6. The molecule has 11 heteroatoms. The van der Waals surface area contributed by atoms with Gasteiger partial charge in [-0.05, 0) is 37.3 Å². The number of nitrogens with one attached hydrogen (secondary N) is 1. The zero-order valence-electron chi connectivity index (χ0n) is 15.9. The van der Waals surface area contributed by atoms with Crippen molar-refractivity contribution >= 4 is 10.0 Å². The molecule has 7 nitrogen and oxygen atoms in total. The molecule has 0 aliphatic carbocycles. The molecule has 1 aliphatic rings. The zero-order chi connectivity index (χ0) is 21.2. The van der Waals surface area contributed by atoms with Gasteiger partial charge in [-0.15, -0.1) is 0 Å². The molecule has 1 fully saturated rings. The Balaban J connectivity index is 1.65. The number of aromatic amines is 1. The second kappa shape index (κ2) is 8.31. The number of hydrogen-bond acceptors (Lipinski definition) is 4. The number of para-hydroxylation sites is 1. The van der Waals surface area contributed by atoms with Gasteiger partial charge in [0.05, 0.1) is 17.9 Å². The molecule has 0 atom stereocenters. The summed E-state index contributed by atoms with van der Waals surface area (Å²) in [4.78, 5) is 12.2. The first-order valence-corrected chi connectivity index (χ1v) is 10.9. The van der Waals surface area contributed by atoms with E-state index in [2.05, 4.69) is 10.2 Å². The lowest BCUT2D eigenvalue weighted by Gasteiger charge is -2.31. The van der Waals surface area contributed by atoms with Crippen molar-refractivity contribution in [3.63, 3.8) is 0 Å². The van der Waals surface area contributed by atoms with Crippen LogP contribution in [0.5, 0.6) is 0 Å². The fraction of sp³-hybridized carbons (Fsp3) is 0.556. The van der Waals surface area contributed by atoms with E-state index in [0.29, 0.717) is 25.1 Å². The maximum Gasteiger partial charge on any atom is 0.390 e. The van der Waals surface area contributed by atoms with Gasteiger partial charge in [0.25, 0.3) is 0 Å². The first-order chi connectivity index (χ1) is 13.6. The van der Waals surface area contributed by atoms with Gasteiger partial charge in [-0.3, -0.25) is 0 Å². The highest BCUT2D eigenvalue weighted by Gasteiger charge is 2.34. The van der Waals surface area contributed by atoms with E-state index in [-0.39, 0.29) is 24.7 Å². The summed E-state index contributed by atoms with van der Waals surface area (Å²) in [5, 5.41) is 6.58. The molecule has 2 aromatic rings. The van der Waals surface area contributed by atoms with Gasteiger partial charge < -0.3 is 0 Å². The van der Waals surface area contributed by atoms with E-state index in [0.717, 1.165) is 15.6 Å². The molecule has 1 saturated heterocycles. The molecule has 0 unspecified atom stereocenters. The minimum absolute atomic E-state index is 0.0852. The Morgan fingerprint density at radius 1 is 1.21 bits per heavy atom. The fourth-order valence-electron chi connectivity index (χ4n) is 3.55. The van der Waals surface area contributed by atoms with Crippen LogP contribution in [0.2, 0.25) is 0 Å². The summed E-state index contributed by atoms with van der Waals surface area (Å²) in [5.74, 6) is -0.280. The number of sulfonamides is 1. The Morgan fingerprint density at radius 3 is 2.48 bits per heavy atom. The van der Waals surface area contributed by atoms with Crippen molar-refractivity contribution in [3.05, 3.63) is 46.1 Å². The van der Waals surface area contributed by atoms with Crippen molar-refractivity contribution in [2.45, 2.75) is 38.8 Å². The van der Waals surface area contributed by atoms with Gasteiger partial charge in [-0.2, -0.15) is 18.3 Å². The molecule has 1 aliphatic heterocycles. The Kier molecular flexibility index (Phi) is 6.18. The predicted octanol–water partition coefficient (Wildman–Crippen LogP) is 2.41. The third kappa shape index (κ3) is 5.27. The molecule has 0 saturated carbocycles. The number of hydrogen-bond donors (Lipinski definition) is 1. The molecule has 0 radical (unpaired) electrons. The lowest BCUT2D eigenvalue weighted by Crippen LogP contribution is -2.41. The number of aryl methyl sites for hydroxylation is 1. The van der Waals surface area contributed by atoms with Crippen LogP contribution in [0.3, 0.4) is 0 Å². The maximum absolute atomic E-state index is 12.3. The molecular weight excluding hydrogens is 409 g/mol. The van der Waals surface area contributed by atoms with E-state index in [9.17, 15) is 26.4 Å². The van der Waals surface area contributed by atoms with E-state index in [1.165, 1.54) is 4.57 Å². The van der Waals surface area contributed by atoms with Gasteiger partial charge in [0.15, 0.2) is 0 Å². The van der Waals surface area contributed by atoms with Gasteiger partial charge in [0, 0.05) is 19.5 Å². The highest BCUT2D eigenvalue weighted by Crippen LogP contribution is 2.26. The second-order valence-electron chi connectivity index (χ2n) is 7.29. The topological polar surface area (TPSA) is 88.1 Å². The standard InChI is InChI=1S/C18H23F3N4O3S/c1-13-4-2-3-5-15(13)25-16(22-23-17(25)26)12-14-6-9-24(10-7-14)29(27,28)11-8-18(19,20)21/h2-5,14H,6-12H2,1H3,(H,23,26). The lowest BCUT2D eigenvalue weighted by molar-refractivity contribution is -0.130. The Labute approximate surface area is 166 Å². The minimum atomic E-state index is -4.50. The average Bonchev–Trinajstić information content (AvgIpc) is 3.01. The Bertz CT molecular complexity index is 1010. The van der Waals surface area contributed by atoms with E-state index in [1.807, 2.05) is 31.2 Å². The van der Waals surface area contributed by atoms with Crippen molar-refractivity contribution < 1.29 is 21.6 Å². The highest BCUT2D eigenvalue weighted by atomic mass is 32.2. The monoisotopic (exact) mass is 432 g/mol. The highest BCUT2D eigenvalue weighted by molar-refractivity contribution is 7.89. The molecule has 2 heterocycles. The van der Waals surface area contributed by atoms with Crippen LogP contribution in [0.15, 0.2) is 29.1 Å². The van der Waals surface area contributed by atoms with Crippen LogP contribution in [-0.4, -0.2) is 52.5 Å². The summed E-state index contributed by atoms with van der Waals surface area (Å²) in [5.41, 5.74) is 1.30. The molecule has 1 N–H and O–H groups in total. The van der Waals surface area contributed by atoms with Gasteiger partial charge in [-0.25, -0.2) is 27.2 Å². The number of aromatic nitrogens is 3. The quantitative estimate of drug-likeness (QED) is 0.759. The van der Waals surface area contributed by atoms with E-state index in [1.54, 1.807) is 0 Å². The first-order valence-electron chi connectivity index (χ1n) is 9.34. The van der Waals surface area contributed by atoms with Crippen LogP contribution < -0.4 is 5.69 Å². The summed E-state index contributed by atoms with van der Waals surface area (Å²) < 4.78 is 64.0. The van der Waals surface area contributed by atoms with Crippen LogP contribution >= 0.6 is 0 Å². The predicted molar refractivity (Wildman–Crippen MR) is 101 cm³/mol. The van der Waals surface area contributed by atoms with Crippen molar-refractivity contribution in [2.75, 3.05) is 18.8 Å². The third-order valence-corrected chi connectivity index (χ3v) is 7.05. The number of alkyl halides is 3. The smallest absolute Gasteiger partial charge is 0.247 e. The Morgan fingerprint density at radius 2 is 1.86 bits per heavy atom. The number of benzene rings is 1. The first kappa shape index (κ1) is 21.6. The molecule has 0 spiro atoms. The largest absolute Gasteiger partial charge is 0.390 e.